The fourth-order valence-corrected chi connectivity index (χ4v) is 1.76. The third-order valence-electron chi connectivity index (χ3n) is 4.21. The monoisotopic (exact) mass is 826 g/mol. The number of carbonyl (C=O) groups excluding carboxylic acids is 3. The fourth-order valence-electron chi connectivity index (χ4n) is 1.76. The number of ketones is 2. The number of carbonyl (C=O) groups is 3. The topological polar surface area (TPSA) is 60.4 Å². The molecule has 0 fully saturated rings. The average Bonchev–Trinajstić information content (AvgIpc) is 2.41. The van der Waals surface area contributed by atoms with Crippen molar-refractivity contribution in [3.63, 3.8) is 0 Å². The molecule has 0 bridgehead atoms. The SMILES string of the molecule is C.C.[CH2-]C(C)(C)C.[CH2-]C(CC(C)=O)C(C)(C)C.[CH2-]C(CC(C)=O)OC(=O)CC([CH2-])C(C)(C)C.[Y].[Y].[Y].[Y]. The Morgan fingerprint density at radius 1 is 0.622 bits per heavy atom. The fraction of sp³-hybridized carbons (Fsp3) is 0.759. The summed E-state index contributed by atoms with van der Waals surface area (Å²) >= 11 is 0. The Hall–Kier alpha value is 3.23. The van der Waals surface area contributed by atoms with Crippen molar-refractivity contribution in [1.82, 2.24) is 0 Å². The van der Waals surface area contributed by atoms with Gasteiger partial charge in [-0.3, -0.25) is 9.59 Å². The zero-order chi connectivity index (χ0) is 25.8. The number of ether oxygens (including phenoxy) is 1. The maximum atomic E-state index is 11.5. The maximum Gasteiger partial charge on any atom is 0.301 e. The van der Waals surface area contributed by atoms with Crippen LogP contribution in [0.5, 0.6) is 0 Å². The minimum absolute atomic E-state index is 0. The van der Waals surface area contributed by atoms with Crippen LogP contribution in [0.4, 0.5) is 0 Å². The van der Waals surface area contributed by atoms with Crippen LogP contribution in [0.3, 0.4) is 0 Å². The Kier molecular flexibility index (Phi) is 52.6. The molecule has 0 aromatic rings. The normalized spacial score (nSPS) is 12.3. The molecule has 3 unspecified atom stereocenters. The number of hydrogen-bond donors (Lipinski definition) is 0. The van der Waals surface area contributed by atoms with E-state index in [2.05, 4.69) is 69.2 Å². The molecule has 3 atom stereocenters. The van der Waals surface area contributed by atoms with Crippen LogP contribution in [0.1, 0.15) is 110 Å². The average molecular weight is 826 g/mol. The Bertz CT molecular complexity index is 540. The molecule has 0 aliphatic heterocycles. The molecule has 0 aromatic carbocycles. The molecule has 0 aliphatic carbocycles. The van der Waals surface area contributed by atoms with Crippen molar-refractivity contribution in [3.05, 3.63) is 27.7 Å². The predicted molar refractivity (Wildman–Crippen MR) is 145 cm³/mol. The van der Waals surface area contributed by atoms with E-state index in [1.165, 1.54) is 6.92 Å². The van der Waals surface area contributed by atoms with Crippen LogP contribution < -0.4 is 0 Å². The zero-order valence-electron chi connectivity index (χ0n) is 24.6. The third kappa shape index (κ3) is 55.7. The summed E-state index contributed by atoms with van der Waals surface area (Å²) < 4.78 is 5.02. The van der Waals surface area contributed by atoms with Gasteiger partial charge in [-0.2, -0.15) is 17.3 Å². The maximum absolute atomic E-state index is 11.5. The Labute approximate surface area is 334 Å². The van der Waals surface area contributed by atoms with Crippen molar-refractivity contribution in [1.29, 1.82) is 0 Å². The molecule has 37 heavy (non-hydrogen) atoms. The Morgan fingerprint density at radius 2 is 0.865 bits per heavy atom. The van der Waals surface area contributed by atoms with Crippen molar-refractivity contribution >= 4 is 17.5 Å². The van der Waals surface area contributed by atoms with Gasteiger partial charge in [-0.25, -0.2) is 0 Å². The molecule has 0 aliphatic rings. The molecule has 0 rings (SSSR count). The van der Waals surface area contributed by atoms with Crippen LogP contribution in [0.2, 0.25) is 0 Å². The molecule has 0 spiro atoms. The van der Waals surface area contributed by atoms with Gasteiger partial charge in [0.2, 0.25) is 0 Å². The van der Waals surface area contributed by atoms with Crippen LogP contribution in [0, 0.1) is 55.8 Å². The van der Waals surface area contributed by atoms with E-state index >= 15 is 0 Å². The molecule has 0 heterocycles. The predicted octanol–water partition coefficient (Wildman–Crippen LogP) is 8.19. The minimum atomic E-state index is -0.586. The van der Waals surface area contributed by atoms with Crippen molar-refractivity contribution in [3.8, 4) is 0 Å². The minimum Gasteiger partial charge on any atom is -0.495 e. The smallest absolute Gasteiger partial charge is 0.301 e. The van der Waals surface area contributed by atoms with Crippen molar-refractivity contribution in [2.45, 2.75) is 116 Å². The van der Waals surface area contributed by atoms with E-state index in [4.69, 9.17) is 4.74 Å². The summed E-state index contributed by atoms with van der Waals surface area (Å²) in [4.78, 5) is 32.9. The summed E-state index contributed by atoms with van der Waals surface area (Å²) in [5.41, 5.74) is 0.377. The first-order chi connectivity index (χ1) is 13.5. The van der Waals surface area contributed by atoms with Crippen molar-refractivity contribution in [2.24, 2.45) is 28.1 Å². The molecule has 0 aromatic heterocycles. The molecule has 0 N–H and O–H groups in total. The van der Waals surface area contributed by atoms with Crippen molar-refractivity contribution < 1.29 is 150 Å². The van der Waals surface area contributed by atoms with E-state index < -0.39 is 6.10 Å². The van der Waals surface area contributed by atoms with Gasteiger partial charge in [0.15, 0.2) is 0 Å². The molecular formula is C29H58O4Y4-4. The van der Waals surface area contributed by atoms with Gasteiger partial charge in [-0.1, -0.05) is 88.0 Å². The van der Waals surface area contributed by atoms with Crippen LogP contribution in [-0.2, 0) is 150 Å². The number of hydrogen-bond acceptors (Lipinski definition) is 4. The van der Waals surface area contributed by atoms with E-state index in [1.54, 1.807) is 6.92 Å². The molecule has 214 valence electrons. The second kappa shape index (κ2) is 30.7. The second-order valence-corrected chi connectivity index (χ2v) is 11.8. The number of esters is 1. The number of rotatable bonds is 7. The molecule has 0 amide bonds. The van der Waals surface area contributed by atoms with Gasteiger partial charge in [0, 0.05) is 144 Å². The van der Waals surface area contributed by atoms with Gasteiger partial charge in [-0.15, -0.1) is 0 Å². The molecular weight excluding hydrogens is 768 g/mol. The summed E-state index contributed by atoms with van der Waals surface area (Å²) in [5.74, 6) is 0.0930. The van der Waals surface area contributed by atoms with Crippen LogP contribution in [0.15, 0.2) is 0 Å². The summed E-state index contributed by atoms with van der Waals surface area (Å²) in [5, 5.41) is 0. The first-order valence-corrected chi connectivity index (χ1v) is 11.0. The Morgan fingerprint density at radius 3 is 1.05 bits per heavy atom. The Balaban J connectivity index is -0.0000000469. The van der Waals surface area contributed by atoms with Gasteiger partial charge in [-0.05, 0) is 26.4 Å². The standard InChI is InChI=1S/C13H22O3.C9H17O.C5H11.2CH4.4Y/c1-9(13(4,5)6)7-12(15)16-11(3)8-10(2)14;1-7(6-8(2)10)9(3,4)5;1-5(2,3)4;;;;;;/h9,11H,1,3,7-8H2,2,4-6H3;7H,1,6H2,2-5H3;1H2,2-4H3;2*1H4;;;;/q-2;2*-1;;;;;;. The summed E-state index contributed by atoms with van der Waals surface area (Å²) in [6.45, 7) is 36.9. The summed E-state index contributed by atoms with van der Waals surface area (Å²) in [6, 6.07) is 0. The van der Waals surface area contributed by atoms with Gasteiger partial charge in [0.05, 0.1) is 0 Å². The second-order valence-electron chi connectivity index (χ2n) is 11.8. The largest absolute Gasteiger partial charge is 0.495 e. The molecule has 4 nitrogen and oxygen atoms in total. The molecule has 8 heteroatoms. The quantitative estimate of drug-likeness (QED) is 0.192. The van der Waals surface area contributed by atoms with Crippen LogP contribution >= 0.6 is 0 Å². The van der Waals surface area contributed by atoms with Crippen LogP contribution in [0.25, 0.3) is 0 Å². The first-order valence-electron chi connectivity index (χ1n) is 11.0. The molecule has 4 radical (unpaired) electrons. The third-order valence-corrected chi connectivity index (χ3v) is 4.21. The first kappa shape index (κ1) is 63.5. The van der Waals surface area contributed by atoms with Crippen molar-refractivity contribution in [2.75, 3.05) is 0 Å². The molecule has 0 saturated carbocycles. The van der Waals surface area contributed by atoms with Gasteiger partial charge in [0.25, 0.3) is 0 Å². The van der Waals surface area contributed by atoms with E-state index in [-0.39, 0.29) is 204 Å². The van der Waals surface area contributed by atoms with Crippen LogP contribution in [-0.4, -0.2) is 23.6 Å². The van der Waals surface area contributed by atoms with E-state index in [0.717, 1.165) is 0 Å². The van der Waals surface area contributed by atoms with E-state index in [1.807, 2.05) is 20.8 Å². The molecule has 0 saturated heterocycles. The van der Waals surface area contributed by atoms with Gasteiger partial charge < -0.3 is 37.2 Å². The van der Waals surface area contributed by atoms with Gasteiger partial charge >= 0.3 is 5.97 Å². The number of Topliss-reactive ketones (excluding diaryl/α,β-unsaturated/α-hetero) is 2. The zero-order valence-corrected chi connectivity index (χ0v) is 36.0. The summed E-state index contributed by atoms with van der Waals surface area (Å²) in [6.07, 6.45) is 0.442. The van der Waals surface area contributed by atoms with E-state index in [9.17, 15) is 14.4 Å². The van der Waals surface area contributed by atoms with Gasteiger partial charge in [0.1, 0.15) is 11.6 Å². The van der Waals surface area contributed by atoms with E-state index in [0.29, 0.717) is 6.42 Å². The summed E-state index contributed by atoms with van der Waals surface area (Å²) in [7, 11) is 0.